The van der Waals surface area contributed by atoms with Crippen molar-refractivity contribution in [2.24, 2.45) is 5.92 Å². The normalized spacial score (nSPS) is 24.3. The highest BCUT2D eigenvalue weighted by Gasteiger charge is 2.34. The Bertz CT molecular complexity index is 936. The third-order valence-electron chi connectivity index (χ3n) is 6.97. The minimum Gasteiger partial charge on any atom is -0.469 e. The molecule has 2 aliphatic carbocycles. The molecule has 29 heavy (non-hydrogen) atoms. The Labute approximate surface area is 178 Å². The third kappa shape index (κ3) is 3.71. The van der Waals surface area contributed by atoms with Crippen LogP contribution in [0.5, 0.6) is 0 Å². The van der Waals surface area contributed by atoms with Crippen molar-refractivity contribution in [3.05, 3.63) is 58.1 Å². The fraction of sp³-hybridized carbons (Fsp3) is 0.480. The van der Waals surface area contributed by atoms with Crippen LogP contribution in [0.15, 0.2) is 36.4 Å². The Kier molecular flexibility index (Phi) is 5.13. The van der Waals surface area contributed by atoms with Gasteiger partial charge >= 0.3 is 5.97 Å². The smallest absolute Gasteiger partial charge is 0.309 e. The number of ether oxygens (including phenoxy) is 1. The highest BCUT2D eigenvalue weighted by atomic mass is 35.5. The number of methoxy groups -OCH3 is 1. The Morgan fingerprint density at radius 1 is 1.03 bits per heavy atom. The molecule has 1 saturated carbocycles. The van der Waals surface area contributed by atoms with E-state index in [4.69, 9.17) is 16.3 Å². The number of hydrogen-bond donors (Lipinski definition) is 0. The maximum absolute atomic E-state index is 12.0. The highest BCUT2D eigenvalue weighted by molar-refractivity contribution is 6.31. The molecule has 1 heterocycles. The van der Waals surface area contributed by atoms with Gasteiger partial charge < -0.3 is 4.74 Å². The van der Waals surface area contributed by atoms with Crippen LogP contribution in [0.3, 0.4) is 0 Å². The van der Waals surface area contributed by atoms with Gasteiger partial charge in [0.15, 0.2) is 0 Å². The van der Waals surface area contributed by atoms with E-state index in [0.29, 0.717) is 12.0 Å². The first-order valence-corrected chi connectivity index (χ1v) is 11.3. The number of nitrogens with zero attached hydrogens (tertiary/aromatic N) is 1. The summed E-state index contributed by atoms with van der Waals surface area (Å²) < 4.78 is 5.00. The van der Waals surface area contributed by atoms with Crippen LogP contribution in [0.1, 0.15) is 60.8 Å². The molecule has 2 atom stereocenters. The molecule has 1 aliphatic heterocycles. The number of piperidine rings is 1. The fourth-order valence-corrected chi connectivity index (χ4v) is 5.57. The molecule has 3 nitrogen and oxygen atoms in total. The van der Waals surface area contributed by atoms with Crippen molar-refractivity contribution in [2.75, 3.05) is 20.2 Å². The molecule has 0 spiro atoms. The van der Waals surface area contributed by atoms with Crippen LogP contribution in [0, 0.1) is 5.92 Å². The van der Waals surface area contributed by atoms with Gasteiger partial charge in [0.05, 0.1) is 13.0 Å². The topological polar surface area (TPSA) is 29.5 Å². The molecular weight excluding hydrogens is 382 g/mol. The van der Waals surface area contributed by atoms with Crippen LogP contribution < -0.4 is 0 Å². The van der Waals surface area contributed by atoms with Gasteiger partial charge in [-0.3, -0.25) is 9.69 Å². The summed E-state index contributed by atoms with van der Waals surface area (Å²) in [6.07, 6.45) is 6.78. The van der Waals surface area contributed by atoms with E-state index in [1.165, 1.54) is 47.8 Å². The zero-order chi connectivity index (χ0) is 20.0. The van der Waals surface area contributed by atoms with Crippen LogP contribution in [0.25, 0.3) is 11.1 Å². The average molecular weight is 410 g/mol. The number of hydrogen-bond acceptors (Lipinski definition) is 3. The van der Waals surface area contributed by atoms with Crippen molar-refractivity contribution in [1.82, 2.24) is 4.90 Å². The molecule has 0 bridgehead atoms. The lowest BCUT2D eigenvalue weighted by molar-refractivity contribution is -0.147. The van der Waals surface area contributed by atoms with Gasteiger partial charge in [0.1, 0.15) is 0 Å². The number of esters is 1. The number of carbonyl (C=O) groups is 1. The summed E-state index contributed by atoms with van der Waals surface area (Å²) in [7, 11) is 1.50. The van der Waals surface area contributed by atoms with E-state index < -0.39 is 0 Å². The Morgan fingerprint density at radius 2 is 1.79 bits per heavy atom. The van der Waals surface area contributed by atoms with Gasteiger partial charge in [0, 0.05) is 17.6 Å². The summed E-state index contributed by atoms with van der Waals surface area (Å²) in [5, 5.41) is 0.908. The summed E-state index contributed by atoms with van der Waals surface area (Å²) in [6, 6.07) is 13.9. The van der Waals surface area contributed by atoms with Crippen molar-refractivity contribution in [3.8, 4) is 11.1 Å². The van der Waals surface area contributed by atoms with Gasteiger partial charge in [-0.2, -0.15) is 0 Å². The van der Waals surface area contributed by atoms with E-state index in [0.717, 1.165) is 43.8 Å². The molecule has 152 valence electrons. The molecule has 5 rings (SSSR count). The maximum Gasteiger partial charge on any atom is 0.309 e. The second kappa shape index (κ2) is 7.77. The van der Waals surface area contributed by atoms with Crippen LogP contribution >= 0.6 is 11.6 Å². The summed E-state index contributed by atoms with van der Waals surface area (Å²) in [4.78, 5) is 14.5. The molecule has 0 aromatic heterocycles. The quantitative estimate of drug-likeness (QED) is 0.601. The zero-order valence-corrected chi connectivity index (χ0v) is 17.8. The molecule has 2 unspecified atom stereocenters. The zero-order valence-electron chi connectivity index (χ0n) is 17.0. The Balaban J connectivity index is 1.36. The van der Waals surface area contributed by atoms with Crippen molar-refractivity contribution in [2.45, 2.75) is 50.5 Å². The second-order valence-corrected chi connectivity index (χ2v) is 9.24. The monoisotopic (exact) mass is 409 g/mol. The van der Waals surface area contributed by atoms with E-state index in [2.05, 4.69) is 41.3 Å². The van der Waals surface area contributed by atoms with Crippen molar-refractivity contribution < 1.29 is 9.53 Å². The molecule has 0 N–H and O–H groups in total. The van der Waals surface area contributed by atoms with Gasteiger partial charge in [0.2, 0.25) is 0 Å². The lowest BCUT2D eigenvalue weighted by Crippen LogP contribution is -2.40. The summed E-state index contributed by atoms with van der Waals surface area (Å²) in [5.74, 6) is 0.634. The molecule has 2 fully saturated rings. The lowest BCUT2D eigenvalue weighted by Gasteiger charge is -2.36. The van der Waals surface area contributed by atoms with Gasteiger partial charge in [-0.1, -0.05) is 41.9 Å². The molecular formula is C25H28ClNO2. The number of carbonyl (C=O) groups excluding carboxylic acids is 1. The molecule has 2 aromatic rings. The van der Waals surface area contributed by atoms with Crippen molar-refractivity contribution in [1.29, 1.82) is 0 Å². The first kappa shape index (κ1) is 19.1. The SMILES string of the molecule is COC(=O)C1CCCN(C2CCc3cc(-c4ccc(C5CC5)c(Cl)c4)ccc32)C1. The fourth-order valence-electron chi connectivity index (χ4n) is 5.23. The van der Waals surface area contributed by atoms with E-state index in [1.54, 1.807) is 0 Å². The number of fused-ring (bicyclic) bond motifs is 1. The average Bonchev–Trinajstić information content (AvgIpc) is 3.51. The van der Waals surface area contributed by atoms with Crippen molar-refractivity contribution >= 4 is 17.6 Å². The van der Waals surface area contributed by atoms with Crippen LogP contribution in [0.4, 0.5) is 0 Å². The van der Waals surface area contributed by atoms with E-state index in [-0.39, 0.29) is 11.9 Å². The van der Waals surface area contributed by atoms with E-state index >= 15 is 0 Å². The van der Waals surface area contributed by atoms with E-state index in [1.807, 2.05) is 0 Å². The number of benzene rings is 2. The predicted octanol–water partition coefficient (Wildman–Crippen LogP) is 5.76. The number of rotatable bonds is 4. The third-order valence-corrected chi connectivity index (χ3v) is 7.30. The van der Waals surface area contributed by atoms with Crippen LogP contribution in [-0.2, 0) is 16.0 Å². The molecule has 2 aromatic carbocycles. The number of likely N-dealkylation sites (tertiary alicyclic amines) is 1. The Morgan fingerprint density at radius 3 is 2.52 bits per heavy atom. The molecule has 4 heteroatoms. The molecule has 1 saturated heterocycles. The Hall–Kier alpha value is -1.84. The van der Waals surface area contributed by atoms with Crippen molar-refractivity contribution in [3.63, 3.8) is 0 Å². The standard InChI is InChI=1S/C25H28ClNO2/c1-29-25(28)20-3-2-12-27(15-20)24-11-8-19-13-17(7-10-22(19)24)18-6-9-21(16-4-5-16)23(26)14-18/h6-7,9-10,13-14,16,20,24H,2-5,8,11-12,15H2,1H3. The van der Waals surface area contributed by atoms with Gasteiger partial charge in [-0.25, -0.2) is 0 Å². The molecule has 0 radical (unpaired) electrons. The van der Waals surface area contributed by atoms with E-state index in [9.17, 15) is 4.79 Å². The summed E-state index contributed by atoms with van der Waals surface area (Å²) >= 11 is 6.56. The van der Waals surface area contributed by atoms with Gasteiger partial charge in [-0.15, -0.1) is 0 Å². The lowest BCUT2D eigenvalue weighted by atomic mass is 9.94. The highest BCUT2D eigenvalue weighted by Crippen LogP contribution is 2.45. The van der Waals surface area contributed by atoms with Crippen LogP contribution in [0.2, 0.25) is 5.02 Å². The minimum absolute atomic E-state index is 0.0178. The molecule has 0 amide bonds. The van der Waals surface area contributed by atoms with Gasteiger partial charge in [0.25, 0.3) is 0 Å². The van der Waals surface area contributed by atoms with Gasteiger partial charge in [-0.05, 0) is 84.9 Å². The second-order valence-electron chi connectivity index (χ2n) is 8.84. The number of aryl methyl sites for hydroxylation is 1. The summed E-state index contributed by atoms with van der Waals surface area (Å²) in [6.45, 7) is 1.88. The molecule has 3 aliphatic rings. The summed E-state index contributed by atoms with van der Waals surface area (Å²) in [5.41, 5.74) is 6.63. The van der Waals surface area contributed by atoms with Crippen LogP contribution in [-0.4, -0.2) is 31.1 Å². The largest absolute Gasteiger partial charge is 0.469 e. The minimum atomic E-state index is -0.0604. The predicted molar refractivity (Wildman–Crippen MR) is 116 cm³/mol. The maximum atomic E-state index is 12.0. The number of halogens is 1. The first-order chi connectivity index (χ1) is 14.1. The first-order valence-electron chi connectivity index (χ1n) is 10.9.